The molecule has 2 heterocycles. The summed E-state index contributed by atoms with van der Waals surface area (Å²) >= 11 is 11.4. The first-order valence-electron chi connectivity index (χ1n) is 8.30. The van der Waals surface area contributed by atoms with Gasteiger partial charge in [0.2, 0.25) is 0 Å². The van der Waals surface area contributed by atoms with Gasteiger partial charge in [0.1, 0.15) is 0 Å². The summed E-state index contributed by atoms with van der Waals surface area (Å²) in [6, 6.07) is 30.0. The summed E-state index contributed by atoms with van der Waals surface area (Å²) in [6.45, 7) is 0. The van der Waals surface area contributed by atoms with Crippen LogP contribution < -0.4 is 0 Å². The molecule has 2 atom stereocenters. The van der Waals surface area contributed by atoms with Crippen molar-refractivity contribution in [1.82, 2.24) is 0 Å². The molecule has 0 bridgehead atoms. The third kappa shape index (κ3) is 3.89. The molecule has 0 aliphatic rings. The average Bonchev–Trinajstić information content (AvgIpc) is 3.38. The van der Waals surface area contributed by atoms with Gasteiger partial charge in [-0.2, -0.15) is 0 Å². The lowest BCUT2D eigenvalue weighted by Gasteiger charge is -2.07. The molecule has 0 aliphatic heterocycles. The first-order chi connectivity index (χ1) is 12.7. The molecule has 0 nitrogen and oxygen atoms in total. The third-order valence-electron chi connectivity index (χ3n) is 4.18. The van der Waals surface area contributed by atoms with Crippen molar-refractivity contribution in [2.24, 2.45) is 0 Å². The maximum Gasteiger partial charge on any atom is 0.0738 e. The van der Waals surface area contributed by atoms with Gasteiger partial charge >= 0.3 is 0 Å². The van der Waals surface area contributed by atoms with Crippen molar-refractivity contribution in [2.75, 3.05) is 0 Å². The Morgan fingerprint density at radius 1 is 0.500 bits per heavy atom. The molecule has 4 rings (SSSR count). The van der Waals surface area contributed by atoms with Crippen molar-refractivity contribution in [3.8, 4) is 9.75 Å². The normalized spacial score (nSPS) is 13.5. The van der Waals surface area contributed by atoms with E-state index in [2.05, 4.69) is 117 Å². The minimum Gasteiger partial charge on any atom is -0.138 e. The van der Waals surface area contributed by atoms with E-state index in [0.717, 1.165) is 0 Å². The maximum absolute atomic E-state index is 3.85. The van der Waals surface area contributed by atoms with Crippen LogP contribution in [-0.4, -0.2) is 0 Å². The van der Waals surface area contributed by atoms with E-state index in [0.29, 0.717) is 0 Å². The fraction of sp³-hybridized carbons (Fsp3) is 0.0909. The van der Waals surface area contributed by atoms with Crippen LogP contribution in [0.15, 0.2) is 84.9 Å². The maximum atomic E-state index is 3.85. The van der Waals surface area contributed by atoms with Gasteiger partial charge in [-0.3, -0.25) is 0 Å². The van der Waals surface area contributed by atoms with Gasteiger partial charge < -0.3 is 0 Å². The van der Waals surface area contributed by atoms with Gasteiger partial charge in [-0.1, -0.05) is 92.5 Å². The number of thiophene rings is 2. The Balaban J connectivity index is 1.56. The number of benzene rings is 2. The van der Waals surface area contributed by atoms with E-state index in [-0.39, 0.29) is 9.65 Å². The Hall–Kier alpha value is -1.20. The van der Waals surface area contributed by atoms with Crippen LogP contribution >= 0.6 is 54.5 Å². The Morgan fingerprint density at radius 3 is 1.27 bits per heavy atom. The van der Waals surface area contributed by atoms with Crippen LogP contribution in [-0.2, 0) is 0 Å². The molecule has 2 unspecified atom stereocenters. The summed E-state index contributed by atoms with van der Waals surface area (Å²) in [6.07, 6.45) is 0. The highest BCUT2D eigenvalue weighted by Gasteiger charge is 2.16. The highest BCUT2D eigenvalue weighted by atomic mass is 79.9. The molecule has 4 aromatic rings. The quantitative estimate of drug-likeness (QED) is 0.239. The van der Waals surface area contributed by atoms with Crippen LogP contribution in [0.2, 0.25) is 0 Å². The zero-order valence-corrected chi connectivity index (χ0v) is 18.6. The SMILES string of the molecule is BrC(c1ccccc1)c1ccc(-c2ccc(C(Br)c3ccccc3)s2)s1. The third-order valence-corrected chi connectivity index (χ3v) is 9.33. The van der Waals surface area contributed by atoms with Crippen LogP contribution in [0, 0.1) is 0 Å². The van der Waals surface area contributed by atoms with Crippen molar-refractivity contribution >= 4 is 54.5 Å². The largest absolute Gasteiger partial charge is 0.138 e. The predicted octanol–water partition coefficient (Wildman–Crippen LogP) is 8.45. The van der Waals surface area contributed by atoms with Gasteiger partial charge in [0.25, 0.3) is 0 Å². The van der Waals surface area contributed by atoms with Gasteiger partial charge in [-0.25, -0.2) is 0 Å². The van der Waals surface area contributed by atoms with Crippen molar-refractivity contribution < 1.29 is 0 Å². The monoisotopic (exact) mass is 502 g/mol. The Labute approximate surface area is 178 Å². The molecule has 2 aromatic carbocycles. The molecule has 0 saturated carbocycles. The van der Waals surface area contributed by atoms with Crippen LogP contribution in [0.1, 0.15) is 30.5 Å². The molecule has 26 heavy (non-hydrogen) atoms. The molecular formula is C22H16Br2S2. The highest BCUT2D eigenvalue weighted by Crippen LogP contribution is 2.43. The van der Waals surface area contributed by atoms with Gasteiger partial charge in [-0.05, 0) is 35.4 Å². The van der Waals surface area contributed by atoms with Gasteiger partial charge in [0.15, 0.2) is 0 Å². The summed E-state index contributed by atoms with van der Waals surface area (Å²) in [4.78, 5) is 5.80. The lowest BCUT2D eigenvalue weighted by Crippen LogP contribution is -1.87. The Morgan fingerprint density at radius 2 is 0.885 bits per heavy atom. The van der Waals surface area contributed by atoms with Crippen LogP contribution in [0.3, 0.4) is 0 Å². The van der Waals surface area contributed by atoms with E-state index in [1.807, 2.05) is 22.7 Å². The van der Waals surface area contributed by atoms with Crippen molar-refractivity contribution in [3.05, 3.63) is 106 Å². The van der Waals surface area contributed by atoms with E-state index in [1.165, 1.54) is 30.6 Å². The summed E-state index contributed by atoms with van der Waals surface area (Å²) in [5.41, 5.74) is 2.58. The van der Waals surface area contributed by atoms with Crippen molar-refractivity contribution in [3.63, 3.8) is 0 Å². The van der Waals surface area contributed by atoms with E-state index in [1.54, 1.807) is 0 Å². The number of rotatable bonds is 5. The summed E-state index contributed by atoms with van der Waals surface area (Å²) in [5.74, 6) is 0. The molecule has 0 saturated heterocycles. The van der Waals surface area contributed by atoms with Gasteiger partial charge in [0, 0.05) is 19.5 Å². The van der Waals surface area contributed by atoms with Gasteiger partial charge in [-0.15, -0.1) is 22.7 Å². The number of hydrogen-bond acceptors (Lipinski definition) is 2. The molecule has 2 aromatic heterocycles. The molecule has 0 fully saturated rings. The minimum atomic E-state index is 0.245. The molecule has 0 N–H and O–H groups in total. The number of halogens is 2. The predicted molar refractivity (Wildman–Crippen MR) is 122 cm³/mol. The first kappa shape index (κ1) is 18.2. The van der Waals surface area contributed by atoms with E-state index >= 15 is 0 Å². The lowest BCUT2D eigenvalue weighted by molar-refractivity contribution is 1.23. The van der Waals surface area contributed by atoms with Crippen molar-refractivity contribution in [1.29, 1.82) is 0 Å². The minimum absolute atomic E-state index is 0.245. The van der Waals surface area contributed by atoms with Crippen LogP contribution in [0.5, 0.6) is 0 Å². The molecular weight excluding hydrogens is 488 g/mol. The summed E-state index contributed by atoms with van der Waals surface area (Å²) in [7, 11) is 0. The smallest absolute Gasteiger partial charge is 0.0738 e. The second kappa shape index (κ2) is 8.22. The molecule has 4 heteroatoms. The Kier molecular flexibility index (Phi) is 5.75. The molecule has 0 aliphatic carbocycles. The van der Waals surface area contributed by atoms with E-state index in [4.69, 9.17) is 0 Å². The second-order valence-electron chi connectivity index (χ2n) is 5.95. The standard InChI is InChI=1S/C22H16Br2S2/c23-21(15-7-3-1-4-8-15)19-13-11-17(25-19)18-12-14-20(26-18)22(24)16-9-5-2-6-10-16/h1-14,21-22H. The van der Waals surface area contributed by atoms with E-state index < -0.39 is 0 Å². The Bertz CT molecular complexity index is 892. The second-order valence-corrected chi connectivity index (χ2v) is 10.0. The number of alkyl halides is 2. The number of hydrogen-bond donors (Lipinski definition) is 0. The van der Waals surface area contributed by atoms with Gasteiger partial charge in [0.05, 0.1) is 9.65 Å². The molecule has 0 amide bonds. The fourth-order valence-electron chi connectivity index (χ4n) is 2.82. The lowest BCUT2D eigenvalue weighted by atomic mass is 10.1. The molecule has 130 valence electrons. The highest BCUT2D eigenvalue weighted by molar-refractivity contribution is 9.09. The fourth-order valence-corrected chi connectivity index (χ4v) is 6.41. The zero-order chi connectivity index (χ0) is 17.9. The zero-order valence-electron chi connectivity index (χ0n) is 13.8. The van der Waals surface area contributed by atoms with Crippen LogP contribution in [0.25, 0.3) is 9.75 Å². The van der Waals surface area contributed by atoms with Crippen molar-refractivity contribution in [2.45, 2.75) is 9.65 Å². The molecule has 0 spiro atoms. The average molecular weight is 504 g/mol. The summed E-state index contributed by atoms with van der Waals surface area (Å²) < 4.78 is 0. The summed E-state index contributed by atoms with van der Waals surface area (Å²) in [5, 5.41) is 0. The van der Waals surface area contributed by atoms with E-state index in [9.17, 15) is 0 Å². The first-order valence-corrected chi connectivity index (χ1v) is 11.8. The van der Waals surface area contributed by atoms with Crippen LogP contribution in [0.4, 0.5) is 0 Å². The topological polar surface area (TPSA) is 0 Å². The molecule has 0 radical (unpaired) electrons.